The summed E-state index contributed by atoms with van der Waals surface area (Å²) in [6.07, 6.45) is 5.49. The van der Waals surface area contributed by atoms with Crippen molar-refractivity contribution in [2.24, 2.45) is 11.8 Å². The van der Waals surface area contributed by atoms with Crippen molar-refractivity contribution in [3.8, 4) is 0 Å². The molecule has 30 heavy (non-hydrogen) atoms. The van der Waals surface area contributed by atoms with Gasteiger partial charge in [-0.15, -0.1) is 0 Å². The molecule has 0 radical (unpaired) electrons. The molecule has 162 valence electrons. The smallest absolute Gasteiger partial charge is 0.308 e. The van der Waals surface area contributed by atoms with E-state index in [-0.39, 0.29) is 24.3 Å². The van der Waals surface area contributed by atoms with Crippen molar-refractivity contribution >= 4 is 23.6 Å². The van der Waals surface area contributed by atoms with Crippen molar-refractivity contribution in [3.63, 3.8) is 0 Å². The van der Waals surface area contributed by atoms with Crippen molar-refractivity contribution in [1.29, 1.82) is 0 Å². The van der Waals surface area contributed by atoms with Crippen LogP contribution in [0, 0.1) is 11.8 Å². The van der Waals surface area contributed by atoms with Crippen molar-refractivity contribution in [2.75, 3.05) is 37.6 Å². The van der Waals surface area contributed by atoms with Gasteiger partial charge in [-0.05, 0) is 43.7 Å². The molecule has 4 heterocycles. The van der Waals surface area contributed by atoms with Gasteiger partial charge in [0.15, 0.2) is 0 Å². The first-order valence-electron chi connectivity index (χ1n) is 10.9. The van der Waals surface area contributed by atoms with Crippen LogP contribution in [0.1, 0.15) is 49.4 Å². The number of rotatable bonds is 4. The summed E-state index contributed by atoms with van der Waals surface area (Å²) in [5.74, 6) is 0.0671. The van der Waals surface area contributed by atoms with Crippen LogP contribution in [0.25, 0.3) is 0 Å². The third kappa shape index (κ3) is 4.27. The Kier molecular flexibility index (Phi) is 5.92. The van der Waals surface area contributed by atoms with Crippen molar-refractivity contribution in [2.45, 2.75) is 45.1 Å². The number of amides is 2. The largest absolute Gasteiger partial charge is 0.481 e. The summed E-state index contributed by atoms with van der Waals surface area (Å²) in [5, 5.41) is 9.17. The number of likely N-dealkylation sites (tertiary alicyclic amines) is 2. The van der Waals surface area contributed by atoms with Crippen molar-refractivity contribution < 1.29 is 19.5 Å². The van der Waals surface area contributed by atoms with Crippen LogP contribution in [0.5, 0.6) is 0 Å². The fraction of sp³-hybridized carbons (Fsp3) is 0.636. The Labute approximate surface area is 176 Å². The van der Waals surface area contributed by atoms with Gasteiger partial charge in [-0.1, -0.05) is 6.92 Å². The van der Waals surface area contributed by atoms with E-state index in [0.29, 0.717) is 18.0 Å². The fourth-order valence-electron chi connectivity index (χ4n) is 4.75. The van der Waals surface area contributed by atoms with Crippen LogP contribution in [0.15, 0.2) is 18.3 Å². The van der Waals surface area contributed by atoms with Gasteiger partial charge in [-0.3, -0.25) is 14.4 Å². The zero-order chi connectivity index (χ0) is 21.3. The molecule has 3 saturated heterocycles. The third-order valence-electron chi connectivity index (χ3n) is 6.80. The minimum atomic E-state index is -0.888. The molecule has 1 atom stereocenters. The SMILES string of the molecule is CC1CCN(C(=O)c2ccc(N3CCC(N4CC(C(=O)O)CC4=O)CC3)nc2)CC1. The van der Waals surface area contributed by atoms with E-state index < -0.39 is 11.9 Å². The van der Waals surface area contributed by atoms with Gasteiger partial charge in [0, 0.05) is 51.4 Å². The maximum Gasteiger partial charge on any atom is 0.308 e. The number of aliphatic carboxylic acids is 1. The Morgan fingerprint density at radius 2 is 1.77 bits per heavy atom. The molecule has 0 aliphatic carbocycles. The molecule has 4 rings (SSSR count). The second kappa shape index (κ2) is 8.62. The Hall–Kier alpha value is -2.64. The van der Waals surface area contributed by atoms with E-state index in [9.17, 15) is 19.5 Å². The van der Waals surface area contributed by atoms with E-state index in [2.05, 4.69) is 16.8 Å². The Bertz CT molecular complexity index is 796. The molecule has 1 aromatic heterocycles. The average molecular weight is 415 g/mol. The van der Waals surface area contributed by atoms with Crippen LogP contribution in [0.2, 0.25) is 0 Å². The lowest BCUT2D eigenvalue weighted by Crippen LogP contribution is -2.46. The highest BCUT2D eigenvalue weighted by molar-refractivity contribution is 5.94. The van der Waals surface area contributed by atoms with Gasteiger partial charge in [0.1, 0.15) is 5.82 Å². The lowest BCUT2D eigenvalue weighted by atomic mass is 9.99. The van der Waals surface area contributed by atoms with Crippen molar-refractivity contribution in [1.82, 2.24) is 14.8 Å². The molecule has 0 saturated carbocycles. The molecule has 1 unspecified atom stereocenters. The summed E-state index contributed by atoms with van der Waals surface area (Å²) >= 11 is 0. The molecule has 0 aromatic carbocycles. The monoisotopic (exact) mass is 414 g/mol. The first kappa shape index (κ1) is 20.6. The zero-order valence-corrected chi connectivity index (χ0v) is 17.5. The zero-order valence-electron chi connectivity index (χ0n) is 17.5. The second-order valence-corrected chi connectivity index (χ2v) is 8.88. The van der Waals surface area contributed by atoms with Crippen LogP contribution in [-0.4, -0.2) is 76.4 Å². The third-order valence-corrected chi connectivity index (χ3v) is 6.80. The van der Waals surface area contributed by atoms with Crippen LogP contribution < -0.4 is 4.90 Å². The Balaban J connectivity index is 1.31. The number of carbonyl (C=O) groups is 3. The predicted octanol–water partition coefficient (Wildman–Crippen LogP) is 1.86. The molecule has 3 aliphatic rings. The maximum absolute atomic E-state index is 12.7. The molecule has 2 amide bonds. The molecule has 8 nitrogen and oxygen atoms in total. The summed E-state index contributed by atoms with van der Waals surface area (Å²) in [7, 11) is 0. The topological polar surface area (TPSA) is 94.0 Å². The Morgan fingerprint density at radius 3 is 2.33 bits per heavy atom. The molecule has 1 N–H and O–H groups in total. The van der Waals surface area contributed by atoms with Gasteiger partial charge in [-0.25, -0.2) is 4.98 Å². The number of pyridine rings is 1. The van der Waals surface area contributed by atoms with Crippen LogP contribution in [0.4, 0.5) is 5.82 Å². The maximum atomic E-state index is 12.7. The summed E-state index contributed by atoms with van der Waals surface area (Å²) in [5.41, 5.74) is 0.630. The first-order valence-corrected chi connectivity index (χ1v) is 10.9. The van der Waals surface area contributed by atoms with Gasteiger partial charge in [-0.2, -0.15) is 0 Å². The normalized spacial score (nSPS) is 23.8. The van der Waals surface area contributed by atoms with E-state index in [1.165, 1.54) is 0 Å². The lowest BCUT2D eigenvalue weighted by molar-refractivity contribution is -0.141. The molecule has 3 fully saturated rings. The lowest BCUT2D eigenvalue weighted by Gasteiger charge is -2.37. The van der Waals surface area contributed by atoms with E-state index in [0.717, 1.165) is 57.7 Å². The van der Waals surface area contributed by atoms with E-state index in [1.54, 1.807) is 11.1 Å². The molecule has 0 spiro atoms. The summed E-state index contributed by atoms with van der Waals surface area (Å²) < 4.78 is 0. The number of hydrogen-bond donors (Lipinski definition) is 1. The molecular weight excluding hydrogens is 384 g/mol. The van der Waals surface area contributed by atoms with Crippen LogP contribution >= 0.6 is 0 Å². The number of hydrogen-bond acceptors (Lipinski definition) is 5. The van der Waals surface area contributed by atoms with Gasteiger partial charge in [0.2, 0.25) is 5.91 Å². The molecule has 1 aromatic rings. The number of carboxylic acid groups (broad SMARTS) is 1. The van der Waals surface area contributed by atoms with E-state index >= 15 is 0 Å². The quantitative estimate of drug-likeness (QED) is 0.808. The number of aromatic nitrogens is 1. The summed E-state index contributed by atoms with van der Waals surface area (Å²) in [4.78, 5) is 46.4. The average Bonchev–Trinajstić information content (AvgIpc) is 3.16. The standard InChI is InChI=1S/C22H30N4O4/c1-15-4-8-25(9-5-15)21(28)16-2-3-19(23-13-16)24-10-6-18(7-11-24)26-14-17(22(29)30)12-20(26)27/h2-3,13,15,17-18H,4-12,14H2,1H3,(H,29,30). The Morgan fingerprint density at radius 1 is 1.07 bits per heavy atom. The molecule has 3 aliphatic heterocycles. The van der Waals surface area contributed by atoms with Crippen molar-refractivity contribution in [3.05, 3.63) is 23.9 Å². The van der Waals surface area contributed by atoms with Crippen LogP contribution in [0.3, 0.4) is 0 Å². The predicted molar refractivity (Wildman–Crippen MR) is 111 cm³/mol. The van der Waals surface area contributed by atoms with Gasteiger partial charge >= 0.3 is 5.97 Å². The van der Waals surface area contributed by atoms with Gasteiger partial charge < -0.3 is 19.8 Å². The number of carbonyl (C=O) groups excluding carboxylic acids is 2. The summed E-state index contributed by atoms with van der Waals surface area (Å²) in [6.45, 7) is 5.70. The number of carboxylic acids is 1. The highest BCUT2D eigenvalue weighted by atomic mass is 16.4. The highest BCUT2D eigenvalue weighted by Gasteiger charge is 2.39. The minimum absolute atomic E-state index is 0.0473. The number of nitrogens with zero attached hydrogens (tertiary/aromatic N) is 4. The molecule has 8 heteroatoms. The van der Waals surface area contributed by atoms with E-state index in [4.69, 9.17) is 0 Å². The van der Waals surface area contributed by atoms with E-state index in [1.807, 2.05) is 17.0 Å². The second-order valence-electron chi connectivity index (χ2n) is 8.88. The van der Waals surface area contributed by atoms with Gasteiger partial charge in [0.25, 0.3) is 5.91 Å². The van der Waals surface area contributed by atoms with Gasteiger partial charge in [0.05, 0.1) is 11.5 Å². The minimum Gasteiger partial charge on any atom is -0.481 e. The van der Waals surface area contributed by atoms with Crippen LogP contribution in [-0.2, 0) is 9.59 Å². The molecule has 0 bridgehead atoms. The number of piperidine rings is 2. The fourth-order valence-corrected chi connectivity index (χ4v) is 4.75. The summed E-state index contributed by atoms with van der Waals surface area (Å²) in [6, 6.07) is 3.86. The number of anilines is 1. The first-order chi connectivity index (χ1) is 14.4. The highest BCUT2D eigenvalue weighted by Crippen LogP contribution is 2.27. The molecular formula is C22H30N4O4.